The number of aryl methyl sites for hydroxylation is 1. The molecule has 0 unspecified atom stereocenters. The minimum Gasteiger partial charge on any atom is -0.306 e. The summed E-state index contributed by atoms with van der Waals surface area (Å²) in [4.78, 5) is 33.2. The zero-order valence-electron chi connectivity index (χ0n) is 16.3. The summed E-state index contributed by atoms with van der Waals surface area (Å²) in [7, 11) is 0. The Bertz CT molecular complexity index is 1260. The zero-order chi connectivity index (χ0) is 21.3. The first-order valence-electron chi connectivity index (χ1n) is 9.27. The molecule has 0 bridgehead atoms. The van der Waals surface area contributed by atoms with Crippen LogP contribution in [0.15, 0.2) is 52.6 Å². The van der Waals surface area contributed by atoms with Crippen molar-refractivity contribution in [2.24, 2.45) is 0 Å². The molecule has 30 heavy (non-hydrogen) atoms. The molecule has 0 radical (unpaired) electrons. The van der Waals surface area contributed by atoms with Crippen molar-refractivity contribution in [1.29, 1.82) is 0 Å². The minimum atomic E-state index is -0.432. The normalized spacial score (nSPS) is 10.9. The molecular weight excluding hydrogens is 405 g/mol. The molecule has 3 aromatic heterocycles. The van der Waals surface area contributed by atoms with E-state index in [1.54, 1.807) is 13.0 Å². The van der Waals surface area contributed by atoms with Crippen LogP contribution in [-0.4, -0.2) is 25.7 Å². The monoisotopic (exact) mass is 423 g/mol. The van der Waals surface area contributed by atoms with E-state index in [9.17, 15) is 14.0 Å². The molecule has 9 heteroatoms. The van der Waals surface area contributed by atoms with E-state index in [1.807, 2.05) is 24.4 Å². The Balaban J connectivity index is 1.78. The number of hydrogen-bond donors (Lipinski definition) is 2. The topological polar surface area (TPSA) is 92.7 Å². The van der Waals surface area contributed by atoms with Crippen LogP contribution in [0, 0.1) is 12.7 Å². The number of aromatic nitrogens is 4. The van der Waals surface area contributed by atoms with Crippen molar-refractivity contribution in [1.82, 2.24) is 19.7 Å². The van der Waals surface area contributed by atoms with Crippen LogP contribution in [0.3, 0.4) is 0 Å². The van der Waals surface area contributed by atoms with Crippen molar-refractivity contribution in [2.75, 3.05) is 5.32 Å². The molecular formula is C21H18FN5O2S. The third-order valence-electron chi connectivity index (χ3n) is 4.59. The van der Waals surface area contributed by atoms with E-state index in [2.05, 4.69) is 20.4 Å². The van der Waals surface area contributed by atoms with E-state index in [4.69, 9.17) is 0 Å². The Morgan fingerprint density at radius 1 is 1.27 bits per heavy atom. The number of benzene rings is 1. The van der Waals surface area contributed by atoms with Gasteiger partial charge >= 0.3 is 0 Å². The van der Waals surface area contributed by atoms with Gasteiger partial charge in [0.2, 0.25) is 5.95 Å². The number of nitrogens with one attached hydrogen (secondary N) is 2. The molecule has 4 rings (SSSR count). The van der Waals surface area contributed by atoms with Gasteiger partial charge in [-0.25, -0.2) is 9.37 Å². The van der Waals surface area contributed by atoms with Gasteiger partial charge < -0.3 is 5.32 Å². The number of hydrogen-bond acceptors (Lipinski definition) is 5. The summed E-state index contributed by atoms with van der Waals surface area (Å²) in [6.07, 6.45) is 0.558. The molecule has 1 aromatic carbocycles. The Kier molecular flexibility index (Phi) is 5.28. The van der Waals surface area contributed by atoms with Crippen LogP contribution in [0.25, 0.3) is 16.5 Å². The van der Waals surface area contributed by atoms with Gasteiger partial charge in [-0.3, -0.25) is 14.6 Å². The maximum Gasteiger partial charge on any atom is 0.256 e. The molecule has 4 aromatic rings. The van der Waals surface area contributed by atoms with E-state index in [0.29, 0.717) is 34.8 Å². The first kappa shape index (κ1) is 19.7. The van der Waals surface area contributed by atoms with Crippen LogP contribution in [-0.2, 0) is 6.42 Å². The molecule has 2 N–H and O–H groups in total. The van der Waals surface area contributed by atoms with Crippen LogP contribution in [0.4, 0.5) is 10.2 Å². The molecule has 0 aliphatic rings. The molecule has 0 saturated heterocycles. The Morgan fingerprint density at radius 2 is 2.03 bits per heavy atom. The summed E-state index contributed by atoms with van der Waals surface area (Å²) < 4.78 is 14.6. The van der Waals surface area contributed by atoms with Crippen molar-refractivity contribution in [3.8, 4) is 16.5 Å². The maximum absolute atomic E-state index is 13.2. The molecule has 1 amide bonds. The van der Waals surface area contributed by atoms with Crippen LogP contribution in [0.1, 0.15) is 28.5 Å². The van der Waals surface area contributed by atoms with Crippen molar-refractivity contribution in [2.45, 2.75) is 20.3 Å². The summed E-state index contributed by atoms with van der Waals surface area (Å²) >= 11 is 1.50. The third kappa shape index (κ3) is 3.79. The highest BCUT2D eigenvalue weighted by Gasteiger charge is 2.18. The first-order chi connectivity index (χ1) is 14.5. The van der Waals surface area contributed by atoms with Crippen LogP contribution >= 0.6 is 11.3 Å². The van der Waals surface area contributed by atoms with Gasteiger partial charge in [0, 0.05) is 22.9 Å². The Morgan fingerprint density at radius 3 is 2.67 bits per heavy atom. The van der Waals surface area contributed by atoms with E-state index in [1.165, 1.54) is 40.3 Å². The van der Waals surface area contributed by atoms with Gasteiger partial charge in [-0.15, -0.1) is 11.3 Å². The maximum atomic E-state index is 13.2. The molecule has 0 aliphatic heterocycles. The van der Waals surface area contributed by atoms with Crippen molar-refractivity contribution in [3.05, 3.63) is 80.8 Å². The van der Waals surface area contributed by atoms with E-state index in [0.717, 1.165) is 4.88 Å². The summed E-state index contributed by atoms with van der Waals surface area (Å²) in [6, 6.07) is 10.7. The molecule has 0 aliphatic carbocycles. The predicted octanol–water partition coefficient (Wildman–Crippen LogP) is 3.95. The molecule has 0 atom stereocenters. The number of carbonyl (C=O) groups is 1. The average Bonchev–Trinajstić information content (AvgIpc) is 3.38. The van der Waals surface area contributed by atoms with Gasteiger partial charge in [-0.2, -0.15) is 9.78 Å². The standard InChI is InChI=1S/C21H18FN5O2S/c1-3-15-12(2)23-21(25-20(15)29)27-18(11-16(26-27)17-5-4-10-30-17)24-19(28)13-6-8-14(22)9-7-13/h4-11H,3H2,1-2H3,(H,24,28)(H,23,25,29). The number of thiophene rings is 1. The highest BCUT2D eigenvalue weighted by atomic mass is 32.1. The van der Waals surface area contributed by atoms with Crippen molar-refractivity contribution < 1.29 is 9.18 Å². The summed E-state index contributed by atoms with van der Waals surface area (Å²) in [5.41, 5.74) is 1.87. The van der Waals surface area contributed by atoms with E-state index < -0.39 is 11.7 Å². The number of amides is 1. The van der Waals surface area contributed by atoms with Crippen LogP contribution in [0.2, 0.25) is 0 Å². The summed E-state index contributed by atoms with van der Waals surface area (Å²) in [5.74, 6) is -0.325. The van der Waals surface area contributed by atoms with E-state index >= 15 is 0 Å². The molecule has 0 saturated carbocycles. The lowest BCUT2D eigenvalue weighted by Crippen LogP contribution is -2.22. The zero-order valence-corrected chi connectivity index (χ0v) is 17.1. The van der Waals surface area contributed by atoms with Gasteiger partial charge in [0.1, 0.15) is 17.3 Å². The largest absolute Gasteiger partial charge is 0.306 e. The molecule has 3 heterocycles. The summed E-state index contributed by atoms with van der Waals surface area (Å²) in [5, 5.41) is 9.24. The van der Waals surface area contributed by atoms with Crippen molar-refractivity contribution in [3.63, 3.8) is 0 Å². The molecule has 7 nitrogen and oxygen atoms in total. The van der Waals surface area contributed by atoms with Crippen LogP contribution < -0.4 is 10.9 Å². The number of carbonyl (C=O) groups excluding carboxylic acids is 1. The highest BCUT2D eigenvalue weighted by Crippen LogP contribution is 2.27. The molecule has 0 fully saturated rings. The Labute approximate surface area is 175 Å². The number of aromatic amines is 1. The molecule has 0 spiro atoms. The lowest BCUT2D eigenvalue weighted by atomic mass is 10.2. The minimum absolute atomic E-state index is 0.201. The fourth-order valence-electron chi connectivity index (χ4n) is 3.08. The molecule has 152 valence electrons. The first-order valence-corrected chi connectivity index (χ1v) is 10.1. The van der Waals surface area contributed by atoms with Gasteiger partial charge in [0.25, 0.3) is 11.5 Å². The van der Waals surface area contributed by atoms with Crippen molar-refractivity contribution >= 4 is 23.1 Å². The van der Waals surface area contributed by atoms with E-state index in [-0.39, 0.29) is 11.5 Å². The lowest BCUT2D eigenvalue weighted by molar-refractivity contribution is 0.102. The third-order valence-corrected chi connectivity index (χ3v) is 5.49. The second-order valence-corrected chi connectivity index (χ2v) is 7.52. The second kappa shape index (κ2) is 8.03. The summed E-state index contributed by atoms with van der Waals surface area (Å²) in [6.45, 7) is 3.65. The number of nitrogens with zero attached hydrogens (tertiary/aromatic N) is 3. The highest BCUT2D eigenvalue weighted by molar-refractivity contribution is 7.13. The van der Waals surface area contributed by atoms with Gasteiger partial charge in [-0.1, -0.05) is 13.0 Å². The quantitative estimate of drug-likeness (QED) is 0.508. The number of halogens is 1. The van der Waals surface area contributed by atoms with Gasteiger partial charge in [0.15, 0.2) is 0 Å². The number of rotatable bonds is 5. The average molecular weight is 423 g/mol. The smallest absolute Gasteiger partial charge is 0.256 e. The SMILES string of the molecule is CCc1c(C)nc(-n2nc(-c3cccs3)cc2NC(=O)c2ccc(F)cc2)[nH]c1=O. The number of H-pyrrole nitrogens is 1. The van der Waals surface area contributed by atoms with Gasteiger partial charge in [-0.05, 0) is 49.1 Å². The fourth-order valence-corrected chi connectivity index (χ4v) is 3.76. The van der Waals surface area contributed by atoms with Gasteiger partial charge in [0.05, 0.1) is 4.88 Å². The Hall–Kier alpha value is -3.59. The fraction of sp³-hybridized carbons (Fsp3) is 0.143. The van der Waals surface area contributed by atoms with Crippen LogP contribution in [0.5, 0.6) is 0 Å². The number of anilines is 1. The second-order valence-electron chi connectivity index (χ2n) is 6.57. The predicted molar refractivity (Wildman–Crippen MR) is 114 cm³/mol. The lowest BCUT2D eigenvalue weighted by Gasteiger charge is -2.10.